The first-order valence-electron chi connectivity index (χ1n) is 6.89. The van der Waals surface area contributed by atoms with E-state index in [-0.39, 0.29) is 18.0 Å². The molecule has 1 heterocycles. The number of fused-ring (bicyclic) bond motifs is 1. The molecular weight excluding hydrogens is 278 g/mol. The molecule has 0 aliphatic rings. The summed E-state index contributed by atoms with van der Waals surface area (Å²) in [5.41, 5.74) is 0.669. The van der Waals surface area contributed by atoms with Crippen molar-refractivity contribution in [3.8, 4) is 0 Å². The third kappa shape index (κ3) is 2.72. The molecule has 0 radical (unpaired) electrons. The van der Waals surface area contributed by atoms with E-state index < -0.39 is 5.97 Å². The van der Waals surface area contributed by atoms with Crippen molar-refractivity contribution in [2.24, 2.45) is 0 Å². The molecule has 0 atom stereocenters. The Bertz CT molecular complexity index is 857. The van der Waals surface area contributed by atoms with Crippen molar-refractivity contribution in [1.29, 1.82) is 0 Å². The number of carboxylic acids is 1. The number of aromatic carboxylic acids is 1. The molecule has 0 spiro atoms. The zero-order valence-electron chi connectivity index (χ0n) is 11.8. The van der Waals surface area contributed by atoms with Gasteiger partial charge in [-0.25, -0.2) is 4.79 Å². The lowest BCUT2D eigenvalue weighted by Gasteiger charge is -2.03. The summed E-state index contributed by atoms with van der Waals surface area (Å²) in [6.45, 7) is -0.00349. The lowest BCUT2D eigenvalue weighted by molar-refractivity contribution is -0.684. The molecule has 0 aliphatic carbocycles. The van der Waals surface area contributed by atoms with Gasteiger partial charge < -0.3 is 5.11 Å². The molecule has 4 nitrogen and oxygen atoms in total. The van der Waals surface area contributed by atoms with Gasteiger partial charge in [-0.3, -0.25) is 4.79 Å². The topological polar surface area (TPSA) is 58.2 Å². The number of benzene rings is 2. The molecule has 108 valence electrons. The molecule has 22 heavy (non-hydrogen) atoms. The molecule has 1 aromatic heterocycles. The summed E-state index contributed by atoms with van der Waals surface area (Å²) in [6, 6.07) is 17.9. The molecular formula is C18H14NO3+. The predicted molar refractivity (Wildman–Crippen MR) is 81.9 cm³/mol. The first-order chi connectivity index (χ1) is 10.6. The summed E-state index contributed by atoms with van der Waals surface area (Å²) in [4.78, 5) is 23.8. The maximum atomic E-state index is 12.3. The Morgan fingerprint density at radius 2 is 1.55 bits per heavy atom. The summed E-state index contributed by atoms with van der Waals surface area (Å²) in [5.74, 6) is -1.17. The molecule has 0 amide bonds. The maximum Gasteiger partial charge on any atom is 0.401 e. The van der Waals surface area contributed by atoms with Gasteiger partial charge in [-0.1, -0.05) is 48.5 Å². The maximum absolute atomic E-state index is 12.3. The Kier molecular flexibility index (Phi) is 3.66. The molecule has 0 bridgehead atoms. The number of carbonyl (C=O) groups excluding carboxylic acids is 1. The number of Topliss-reactive ketones (excluding diaryl/α,β-unsaturated/α-hetero) is 1. The van der Waals surface area contributed by atoms with Crippen LogP contribution in [0.3, 0.4) is 0 Å². The van der Waals surface area contributed by atoms with Crippen molar-refractivity contribution < 1.29 is 19.3 Å². The first-order valence-corrected chi connectivity index (χ1v) is 6.89. The molecule has 3 aromatic rings. The minimum Gasteiger partial charge on any atom is -0.473 e. The fourth-order valence-corrected chi connectivity index (χ4v) is 2.41. The van der Waals surface area contributed by atoms with E-state index in [1.54, 1.807) is 36.5 Å². The number of aromatic nitrogens is 1. The molecule has 0 unspecified atom stereocenters. The van der Waals surface area contributed by atoms with E-state index >= 15 is 0 Å². The van der Waals surface area contributed by atoms with Crippen LogP contribution >= 0.6 is 0 Å². The van der Waals surface area contributed by atoms with E-state index in [2.05, 4.69) is 0 Å². The van der Waals surface area contributed by atoms with Gasteiger partial charge in [0.1, 0.15) is 0 Å². The minimum atomic E-state index is -1.05. The van der Waals surface area contributed by atoms with Gasteiger partial charge >= 0.3 is 5.97 Å². The molecule has 4 heteroatoms. The third-order valence-electron chi connectivity index (χ3n) is 3.52. The third-order valence-corrected chi connectivity index (χ3v) is 3.52. The van der Waals surface area contributed by atoms with Crippen LogP contribution in [0.25, 0.3) is 10.8 Å². The van der Waals surface area contributed by atoms with Crippen molar-refractivity contribution in [2.45, 2.75) is 6.54 Å². The van der Waals surface area contributed by atoms with E-state index in [0.29, 0.717) is 5.56 Å². The van der Waals surface area contributed by atoms with Gasteiger partial charge in [0.2, 0.25) is 12.3 Å². The fourth-order valence-electron chi connectivity index (χ4n) is 2.41. The van der Waals surface area contributed by atoms with Crippen molar-refractivity contribution in [2.75, 3.05) is 0 Å². The van der Waals surface area contributed by atoms with Crippen LogP contribution in [-0.4, -0.2) is 16.9 Å². The fraction of sp³-hybridized carbons (Fsp3) is 0.0556. The Hall–Kier alpha value is -3.01. The number of carboxylic acid groups (broad SMARTS) is 1. The SMILES string of the molecule is O=C(C[n+]1cc2ccccc2cc1C(=O)O)c1ccccc1. The lowest BCUT2D eigenvalue weighted by atomic mass is 10.1. The molecule has 0 saturated heterocycles. The van der Waals surface area contributed by atoms with Gasteiger partial charge in [0.05, 0.1) is 0 Å². The standard InChI is InChI=1S/C18H13NO3/c20-17(13-6-2-1-3-7-13)12-19-11-15-9-5-4-8-14(15)10-16(19)18(21)22/h1-11H,12H2/p+1. The molecule has 2 aromatic carbocycles. The molecule has 1 N–H and O–H groups in total. The average molecular weight is 292 g/mol. The monoisotopic (exact) mass is 292 g/mol. The predicted octanol–water partition coefficient (Wildman–Crippen LogP) is 2.71. The number of hydrogen-bond acceptors (Lipinski definition) is 2. The number of nitrogens with zero attached hydrogens (tertiary/aromatic N) is 1. The van der Waals surface area contributed by atoms with Gasteiger partial charge in [-0.2, -0.15) is 4.57 Å². The quantitative estimate of drug-likeness (QED) is 0.594. The zero-order chi connectivity index (χ0) is 15.5. The van der Waals surface area contributed by atoms with Crippen LogP contribution in [0.5, 0.6) is 0 Å². The molecule has 0 saturated carbocycles. The Morgan fingerprint density at radius 3 is 2.23 bits per heavy atom. The summed E-state index contributed by atoms with van der Waals surface area (Å²) in [6.07, 6.45) is 1.71. The highest BCUT2D eigenvalue weighted by molar-refractivity contribution is 5.95. The second-order valence-electron chi connectivity index (χ2n) is 5.01. The van der Waals surface area contributed by atoms with Crippen LogP contribution in [0, 0.1) is 0 Å². The largest absolute Gasteiger partial charge is 0.473 e. The number of ketones is 1. The van der Waals surface area contributed by atoms with Gasteiger partial charge in [0.15, 0.2) is 6.20 Å². The van der Waals surface area contributed by atoms with Crippen molar-refractivity contribution in [3.63, 3.8) is 0 Å². The van der Waals surface area contributed by atoms with Gasteiger partial charge in [0, 0.05) is 17.0 Å². The zero-order valence-corrected chi connectivity index (χ0v) is 11.8. The average Bonchev–Trinajstić information content (AvgIpc) is 2.54. The summed E-state index contributed by atoms with van der Waals surface area (Å²) in [5, 5.41) is 11.1. The number of rotatable bonds is 4. The minimum absolute atomic E-state index is 0.00349. The Balaban J connectivity index is 2.03. The van der Waals surface area contributed by atoms with Crippen LogP contribution in [0.15, 0.2) is 66.9 Å². The highest BCUT2D eigenvalue weighted by atomic mass is 16.4. The molecule has 3 rings (SSSR count). The van der Waals surface area contributed by atoms with Crippen LogP contribution in [0.1, 0.15) is 20.8 Å². The van der Waals surface area contributed by atoms with E-state index in [4.69, 9.17) is 0 Å². The summed E-state index contributed by atoms with van der Waals surface area (Å²) < 4.78 is 1.49. The summed E-state index contributed by atoms with van der Waals surface area (Å²) >= 11 is 0. The Labute approximate surface area is 127 Å². The van der Waals surface area contributed by atoms with Crippen molar-refractivity contribution in [3.05, 3.63) is 78.1 Å². The van der Waals surface area contributed by atoms with Crippen LogP contribution in [0.4, 0.5) is 0 Å². The first kappa shape index (κ1) is 13.9. The van der Waals surface area contributed by atoms with Crippen molar-refractivity contribution in [1.82, 2.24) is 0 Å². The number of carbonyl (C=O) groups is 2. The van der Waals surface area contributed by atoms with Crippen LogP contribution in [0.2, 0.25) is 0 Å². The van der Waals surface area contributed by atoms with Crippen LogP contribution < -0.4 is 4.57 Å². The van der Waals surface area contributed by atoms with E-state index in [0.717, 1.165) is 10.8 Å². The highest BCUT2D eigenvalue weighted by Gasteiger charge is 2.22. The second-order valence-corrected chi connectivity index (χ2v) is 5.01. The van der Waals surface area contributed by atoms with Crippen LogP contribution in [-0.2, 0) is 6.54 Å². The van der Waals surface area contributed by atoms with Gasteiger partial charge in [-0.05, 0) is 11.5 Å². The number of hydrogen-bond donors (Lipinski definition) is 1. The van der Waals surface area contributed by atoms with Gasteiger partial charge in [-0.15, -0.1) is 0 Å². The molecule has 0 fully saturated rings. The van der Waals surface area contributed by atoms with Crippen molar-refractivity contribution >= 4 is 22.5 Å². The number of pyridine rings is 1. The highest BCUT2D eigenvalue weighted by Crippen LogP contribution is 2.13. The Morgan fingerprint density at radius 1 is 0.909 bits per heavy atom. The van der Waals surface area contributed by atoms with E-state index in [9.17, 15) is 14.7 Å². The smallest absolute Gasteiger partial charge is 0.401 e. The van der Waals surface area contributed by atoms with Gasteiger partial charge in [0.25, 0.3) is 5.69 Å². The van der Waals surface area contributed by atoms with E-state index in [1.165, 1.54) is 4.57 Å². The summed E-state index contributed by atoms with van der Waals surface area (Å²) in [7, 11) is 0. The lowest BCUT2D eigenvalue weighted by Crippen LogP contribution is -2.43. The second kappa shape index (κ2) is 5.77. The molecule has 0 aliphatic heterocycles. The van der Waals surface area contributed by atoms with E-state index in [1.807, 2.05) is 30.3 Å². The normalized spacial score (nSPS) is 10.5.